The molecule has 0 spiro atoms. The zero-order chi connectivity index (χ0) is 67.8. The summed E-state index contributed by atoms with van der Waals surface area (Å²) in [5.74, 6) is 3.27. The standard InChI is InChI=1S/C91H70B2N4O2S/c1-89(2,3)60-30-39-76-67(48-60)66-42-54(53-94)28-38-75(66)96(76)64-34-37-73-85(52-64)100-86-47-58(59-45-83-88-84(46-59)99-82-44-57(55-20-12-10-13-21-55)29-35-72(82)93(88)71-25-17-19-27-81(71)98-83)43-80-87(86)92(73)70-36-33-63(51-79(70)97(80)74-26-18-16-24-65(74)56-22-14-11-15-23-56)95-77-40-31-61(90(4,5)6)49-68(77)69-50-62(91(7,8)9)32-41-78(69)95/h10-52H,1-9H3. The molecule has 0 N–H and O–H groups in total. The van der Waals surface area contributed by atoms with Crippen LogP contribution >= 0.6 is 11.8 Å². The third-order valence-electron chi connectivity index (χ3n) is 21.6. The summed E-state index contributed by atoms with van der Waals surface area (Å²) in [5.41, 5.74) is 27.9. The number of aromatic nitrogens is 2. The molecule has 19 rings (SSSR count). The molecule has 478 valence electrons. The maximum Gasteiger partial charge on any atom is 0.260 e. The lowest BCUT2D eigenvalue weighted by molar-refractivity contribution is 0.465. The molecular formula is C91H70B2N4O2S. The van der Waals surface area contributed by atoms with E-state index in [2.05, 4.69) is 337 Å². The molecule has 0 saturated carbocycles. The van der Waals surface area contributed by atoms with E-state index in [-0.39, 0.29) is 29.7 Å². The largest absolute Gasteiger partial charge is 0.458 e. The van der Waals surface area contributed by atoms with Gasteiger partial charge in [-0.3, -0.25) is 0 Å². The molecule has 0 unspecified atom stereocenters. The number of ether oxygens (including phenoxy) is 2. The van der Waals surface area contributed by atoms with Gasteiger partial charge in [0.1, 0.15) is 23.0 Å². The third kappa shape index (κ3) is 9.33. The van der Waals surface area contributed by atoms with Crippen molar-refractivity contribution in [3.8, 4) is 73.8 Å². The molecule has 13 aromatic carbocycles. The average Bonchev–Trinajstić information content (AvgIpc) is 0.749. The van der Waals surface area contributed by atoms with E-state index in [0.717, 1.165) is 123 Å². The Morgan fingerprint density at radius 3 is 1.47 bits per heavy atom. The van der Waals surface area contributed by atoms with Crippen molar-refractivity contribution in [2.75, 3.05) is 4.90 Å². The number of rotatable bonds is 6. The van der Waals surface area contributed by atoms with Crippen LogP contribution in [0.2, 0.25) is 0 Å². The van der Waals surface area contributed by atoms with Crippen molar-refractivity contribution in [3.05, 3.63) is 283 Å². The van der Waals surface area contributed by atoms with Gasteiger partial charge >= 0.3 is 0 Å². The molecule has 0 aliphatic carbocycles. The van der Waals surface area contributed by atoms with Crippen molar-refractivity contribution >= 4 is 119 Å². The monoisotopic (exact) mass is 1300 g/mol. The first-order valence-electron chi connectivity index (χ1n) is 34.9. The van der Waals surface area contributed by atoms with Gasteiger partial charge in [0.2, 0.25) is 6.71 Å². The molecule has 2 aromatic heterocycles. The van der Waals surface area contributed by atoms with Crippen LogP contribution in [0.15, 0.2) is 271 Å². The minimum absolute atomic E-state index is 0.0487. The van der Waals surface area contributed by atoms with Crippen molar-refractivity contribution in [1.29, 1.82) is 5.26 Å². The second kappa shape index (κ2) is 21.9. The molecule has 0 fully saturated rings. The smallest absolute Gasteiger partial charge is 0.260 e. The molecule has 0 saturated heterocycles. The second-order valence-corrected chi connectivity index (χ2v) is 31.8. The molecule has 0 bridgehead atoms. The van der Waals surface area contributed by atoms with Gasteiger partial charge < -0.3 is 23.5 Å². The highest BCUT2D eigenvalue weighted by molar-refractivity contribution is 8.00. The molecule has 6 nitrogen and oxygen atoms in total. The summed E-state index contributed by atoms with van der Waals surface area (Å²) in [6, 6.07) is 99.3. The number of hydrogen-bond acceptors (Lipinski definition) is 5. The van der Waals surface area contributed by atoms with Crippen LogP contribution in [-0.4, -0.2) is 22.6 Å². The summed E-state index contributed by atoms with van der Waals surface area (Å²) < 4.78 is 19.3. The Morgan fingerprint density at radius 1 is 0.340 bits per heavy atom. The molecule has 0 radical (unpaired) electrons. The van der Waals surface area contributed by atoms with E-state index in [4.69, 9.17) is 9.47 Å². The number of benzene rings is 13. The van der Waals surface area contributed by atoms with Crippen LogP contribution in [-0.2, 0) is 16.2 Å². The Bertz CT molecular complexity index is 5990. The van der Waals surface area contributed by atoms with Crippen LogP contribution in [0.3, 0.4) is 0 Å². The Hall–Kier alpha value is -11.2. The summed E-state index contributed by atoms with van der Waals surface area (Å²) in [5, 5.41) is 15.0. The van der Waals surface area contributed by atoms with Crippen molar-refractivity contribution in [1.82, 2.24) is 9.13 Å². The highest BCUT2D eigenvalue weighted by atomic mass is 32.2. The van der Waals surface area contributed by atoms with E-state index < -0.39 is 0 Å². The fourth-order valence-corrected chi connectivity index (χ4v) is 17.7. The molecule has 4 aliphatic rings. The first kappa shape index (κ1) is 60.0. The van der Waals surface area contributed by atoms with Crippen molar-refractivity contribution < 1.29 is 9.47 Å². The Morgan fingerprint density at radius 2 is 0.840 bits per heavy atom. The van der Waals surface area contributed by atoms with Crippen molar-refractivity contribution in [2.24, 2.45) is 0 Å². The molecule has 100 heavy (non-hydrogen) atoms. The molecular weight excluding hydrogens is 1230 g/mol. The number of nitrogens with zero attached hydrogens (tertiary/aromatic N) is 4. The van der Waals surface area contributed by atoms with Crippen LogP contribution < -0.4 is 47.2 Å². The molecule has 0 amide bonds. The van der Waals surface area contributed by atoms with Gasteiger partial charge in [-0.2, -0.15) is 5.26 Å². The zero-order valence-corrected chi connectivity index (χ0v) is 58.3. The van der Waals surface area contributed by atoms with E-state index in [0.29, 0.717) is 5.56 Å². The molecule has 9 heteroatoms. The quantitative estimate of drug-likeness (QED) is 0.155. The molecule has 15 aromatic rings. The van der Waals surface area contributed by atoms with E-state index in [1.54, 1.807) is 0 Å². The lowest BCUT2D eigenvalue weighted by Crippen LogP contribution is -2.59. The Balaban J connectivity index is 0.874. The van der Waals surface area contributed by atoms with Gasteiger partial charge in [0.15, 0.2) is 0 Å². The number of para-hydroxylation sites is 2. The minimum atomic E-state index is -0.162. The van der Waals surface area contributed by atoms with Crippen LogP contribution in [0.4, 0.5) is 17.1 Å². The van der Waals surface area contributed by atoms with E-state index in [9.17, 15) is 5.26 Å². The molecule has 0 atom stereocenters. The highest BCUT2D eigenvalue weighted by Crippen LogP contribution is 2.50. The average molecular weight is 1310 g/mol. The van der Waals surface area contributed by atoms with Gasteiger partial charge in [-0.25, -0.2) is 0 Å². The summed E-state index contributed by atoms with van der Waals surface area (Å²) >= 11 is 1.86. The van der Waals surface area contributed by atoms with Crippen LogP contribution in [0.1, 0.15) is 84.6 Å². The maximum absolute atomic E-state index is 10.3. The Kier molecular flexibility index (Phi) is 13.2. The predicted octanol–water partition coefficient (Wildman–Crippen LogP) is 20.1. The lowest BCUT2D eigenvalue weighted by atomic mass is 9.34. The fourth-order valence-electron chi connectivity index (χ4n) is 16.4. The van der Waals surface area contributed by atoms with Gasteiger partial charge in [-0.05, 0) is 204 Å². The van der Waals surface area contributed by atoms with Crippen LogP contribution in [0.5, 0.6) is 23.0 Å². The predicted molar refractivity (Wildman–Crippen MR) is 420 cm³/mol. The first-order chi connectivity index (χ1) is 48.4. The normalized spacial score (nSPS) is 13.5. The van der Waals surface area contributed by atoms with Gasteiger partial charge in [0.25, 0.3) is 6.71 Å². The lowest BCUT2D eigenvalue weighted by Gasteiger charge is -2.41. The van der Waals surface area contributed by atoms with Crippen LogP contribution in [0, 0.1) is 11.3 Å². The third-order valence-corrected chi connectivity index (χ3v) is 22.7. The number of nitriles is 1. The van der Waals surface area contributed by atoms with Crippen molar-refractivity contribution in [2.45, 2.75) is 88.3 Å². The number of hydrogen-bond donors (Lipinski definition) is 0. The fraction of sp³-hybridized carbons (Fsp3) is 0.132. The van der Waals surface area contributed by atoms with Crippen LogP contribution in [0.25, 0.3) is 88.4 Å². The SMILES string of the molecule is CC(C)(C)c1ccc2c(c1)c1cc(C#N)ccc1n2-c1ccc2c(c1)Sc1cc(-c3cc4c5c(c3)Oc3cc(-c6ccccc6)ccc3B5c3ccccc3O4)cc3c1B2c1ccc(-n2c4ccc(C(C)(C)C)cc4c4cc(C(C)(C)C)ccc42)cc1N3c1ccccc1-c1ccccc1. The van der Waals surface area contributed by atoms with E-state index >= 15 is 0 Å². The topological polar surface area (TPSA) is 55.4 Å². The van der Waals surface area contributed by atoms with Gasteiger partial charge in [-0.15, -0.1) is 0 Å². The summed E-state index contributed by atoms with van der Waals surface area (Å²) in [6.45, 7) is 20.4. The van der Waals surface area contributed by atoms with E-state index in [1.807, 2.05) is 17.8 Å². The second-order valence-electron chi connectivity index (χ2n) is 30.8. The van der Waals surface area contributed by atoms with E-state index in [1.165, 1.54) is 64.7 Å². The molecule has 6 heterocycles. The van der Waals surface area contributed by atoms with Crippen molar-refractivity contribution in [3.63, 3.8) is 0 Å². The molecule has 4 aliphatic heterocycles. The summed E-state index contributed by atoms with van der Waals surface area (Å²) in [4.78, 5) is 4.95. The highest BCUT2D eigenvalue weighted by Gasteiger charge is 2.44. The van der Waals surface area contributed by atoms with Gasteiger partial charge in [0.05, 0.1) is 39.4 Å². The maximum atomic E-state index is 10.3. The zero-order valence-electron chi connectivity index (χ0n) is 57.5. The first-order valence-corrected chi connectivity index (χ1v) is 35.7. The Labute approximate surface area is 588 Å². The minimum Gasteiger partial charge on any atom is -0.458 e. The number of anilines is 3. The number of fused-ring (bicyclic) bond motifs is 14. The summed E-state index contributed by atoms with van der Waals surface area (Å²) in [6.07, 6.45) is 0. The summed E-state index contributed by atoms with van der Waals surface area (Å²) in [7, 11) is 0. The van der Waals surface area contributed by atoms with Gasteiger partial charge in [-0.1, -0.05) is 219 Å². The van der Waals surface area contributed by atoms with Gasteiger partial charge in [0, 0.05) is 65.1 Å².